The van der Waals surface area contributed by atoms with Crippen molar-refractivity contribution in [1.82, 2.24) is 15.5 Å². The average molecular weight is 259 g/mol. The van der Waals surface area contributed by atoms with Crippen LogP contribution in [0, 0.1) is 0 Å². The van der Waals surface area contributed by atoms with E-state index in [1.54, 1.807) is 14.1 Å². The Kier molecular flexibility index (Phi) is 7.69. The second kappa shape index (κ2) is 8.46. The van der Waals surface area contributed by atoms with E-state index < -0.39 is 12.0 Å². The monoisotopic (exact) mass is 259 g/mol. The Morgan fingerprint density at radius 1 is 1.28 bits per heavy atom. The zero-order chi connectivity index (χ0) is 14.1. The van der Waals surface area contributed by atoms with Crippen LogP contribution in [-0.4, -0.2) is 63.0 Å². The van der Waals surface area contributed by atoms with Gasteiger partial charge in [0.2, 0.25) is 11.8 Å². The van der Waals surface area contributed by atoms with Crippen LogP contribution in [0.15, 0.2) is 0 Å². The number of carbonyl (C=O) groups excluding carboxylic acids is 3. The molecule has 0 heterocycles. The van der Waals surface area contributed by atoms with Crippen molar-refractivity contribution in [1.29, 1.82) is 0 Å². The van der Waals surface area contributed by atoms with Gasteiger partial charge in [-0.05, 0) is 0 Å². The fraction of sp³-hybridized carbons (Fsp3) is 0.727. The molecule has 0 radical (unpaired) electrons. The number of carbonyl (C=O) groups is 3. The second-order valence-electron chi connectivity index (χ2n) is 4.02. The van der Waals surface area contributed by atoms with Crippen LogP contribution < -0.4 is 10.6 Å². The molecule has 0 rings (SSSR count). The van der Waals surface area contributed by atoms with Crippen LogP contribution >= 0.6 is 0 Å². The maximum Gasteiger partial charge on any atom is 0.329 e. The highest BCUT2D eigenvalue weighted by atomic mass is 16.5. The quantitative estimate of drug-likeness (QED) is 0.440. The van der Waals surface area contributed by atoms with Gasteiger partial charge in [0.15, 0.2) is 0 Å². The van der Waals surface area contributed by atoms with E-state index in [4.69, 9.17) is 0 Å². The molecule has 0 saturated heterocycles. The summed E-state index contributed by atoms with van der Waals surface area (Å²) in [5.74, 6) is -0.829. The lowest BCUT2D eigenvalue weighted by Crippen LogP contribution is -2.47. The molecule has 0 aliphatic rings. The van der Waals surface area contributed by atoms with Crippen LogP contribution in [0.5, 0.6) is 0 Å². The standard InChI is InChI=1S/C11H21N3O4/c1-8(15)13-9(11(17)18-4)7-12-6-5-10(16)14(2)3/h9,12H,5-7H2,1-4H3,(H,13,15). The van der Waals surface area contributed by atoms with Gasteiger partial charge in [-0.15, -0.1) is 0 Å². The molecule has 2 amide bonds. The number of nitrogens with one attached hydrogen (secondary N) is 2. The highest BCUT2D eigenvalue weighted by Crippen LogP contribution is 1.89. The van der Waals surface area contributed by atoms with Crippen molar-refractivity contribution in [2.75, 3.05) is 34.3 Å². The van der Waals surface area contributed by atoms with Gasteiger partial charge >= 0.3 is 5.97 Å². The summed E-state index contributed by atoms with van der Waals surface area (Å²) >= 11 is 0. The minimum Gasteiger partial charge on any atom is -0.467 e. The number of amides is 2. The molecular formula is C11H21N3O4. The molecule has 0 fully saturated rings. The van der Waals surface area contributed by atoms with E-state index >= 15 is 0 Å². The summed E-state index contributed by atoms with van der Waals surface area (Å²) in [4.78, 5) is 35.0. The molecule has 104 valence electrons. The molecule has 18 heavy (non-hydrogen) atoms. The first-order valence-corrected chi connectivity index (χ1v) is 5.64. The topological polar surface area (TPSA) is 87.7 Å². The van der Waals surface area contributed by atoms with Crippen molar-refractivity contribution in [2.24, 2.45) is 0 Å². The second-order valence-corrected chi connectivity index (χ2v) is 4.02. The molecule has 1 unspecified atom stereocenters. The zero-order valence-electron chi connectivity index (χ0n) is 11.3. The molecule has 0 aromatic rings. The largest absolute Gasteiger partial charge is 0.467 e. The lowest BCUT2D eigenvalue weighted by molar-refractivity contribution is -0.144. The molecule has 7 nitrogen and oxygen atoms in total. The first-order chi connectivity index (χ1) is 8.38. The van der Waals surface area contributed by atoms with Gasteiger partial charge in [0.1, 0.15) is 6.04 Å². The van der Waals surface area contributed by atoms with Crippen LogP contribution in [-0.2, 0) is 19.1 Å². The third-order valence-corrected chi connectivity index (χ3v) is 2.23. The van der Waals surface area contributed by atoms with Crippen LogP contribution in [0.25, 0.3) is 0 Å². The van der Waals surface area contributed by atoms with Gasteiger partial charge in [-0.3, -0.25) is 9.59 Å². The van der Waals surface area contributed by atoms with Crippen LogP contribution in [0.4, 0.5) is 0 Å². The third kappa shape index (κ3) is 6.85. The van der Waals surface area contributed by atoms with Crippen LogP contribution in [0.1, 0.15) is 13.3 Å². The van der Waals surface area contributed by atoms with Crippen molar-refractivity contribution < 1.29 is 19.1 Å². The summed E-state index contributed by atoms with van der Waals surface area (Å²) in [5, 5.41) is 5.40. The Labute approximate surface area is 107 Å². The van der Waals surface area contributed by atoms with Gasteiger partial charge in [0.25, 0.3) is 0 Å². The van der Waals surface area contributed by atoms with Crippen molar-refractivity contribution >= 4 is 17.8 Å². The van der Waals surface area contributed by atoms with Gasteiger partial charge in [-0.1, -0.05) is 0 Å². The van der Waals surface area contributed by atoms with E-state index in [1.165, 1.54) is 18.9 Å². The summed E-state index contributed by atoms with van der Waals surface area (Å²) in [6, 6.07) is -0.734. The van der Waals surface area contributed by atoms with Crippen molar-refractivity contribution in [2.45, 2.75) is 19.4 Å². The number of hydrogen-bond acceptors (Lipinski definition) is 5. The molecule has 1 atom stereocenters. The number of methoxy groups -OCH3 is 1. The maximum absolute atomic E-state index is 11.3. The molecule has 0 aliphatic carbocycles. The Morgan fingerprint density at radius 2 is 1.89 bits per heavy atom. The Hall–Kier alpha value is -1.63. The summed E-state index contributed by atoms with van der Waals surface area (Å²) in [7, 11) is 4.61. The SMILES string of the molecule is COC(=O)C(CNCCC(=O)N(C)C)NC(C)=O. The van der Waals surface area contributed by atoms with Crippen molar-refractivity contribution in [3.63, 3.8) is 0 Å². The summed E-state index contributed by atoms with van der Waals surface area (Å²) < 4.78 is 4.56. The fourth-order valence-electron chi connectivity index (χ4n) is 1.25. The van der Waals surface area contributed by atoms with E-state index in [-0.39, 0.29) is 18.4 Å². The van der Waals surface area contributed by atoms with Gasteiger partial charge in [0.05, 0.1) is 7.11 Å². The normalized spacial score (nSPS) is 11.6. The molecule has 7 heteroatoms. The lowest BCUT2D eigenvalue weighted by atomic mass is 10.2. The summed E-state index contributed by atoms with van der Waals surface area (Å²) in [5.41, 5.74) is 0. The van der Waals surface area contributed by atoms with Crippen molar-refractivity contribution in [3.05, 3.63) is 0 Å². The Balaban J connectivity index is 4.00. The number of esters is 1. The number of ether oxygens (including phenoxy) is 1. The molecule has 0 spiro atoms. The van der Waals surface area contributed by atoms with Crippen LogP contribution in [0.2, 0.25) is 0 Å². The van der Waals surface area contributed by atoms with Gasteiger partial charge in [-0.2, -0.15) is 0 Å². The summed E-state index contributed by atoms with van der Waals surface area (Å²) in [6.07, 6.45) is 0.334. The predicted molar refractivity (Wildman–Crippen MR) is 65.8 cm³/mol. The highest BCUT2D eigenvalue weighted by Gasteiger charge is 2.19. The molecule has 2 N–H and O–H groups in total. The van der Waals surface area contributed by atoms with Crippen LogP contribution in [0.3, 0.4) is 0 Å². The van der Waals surface area contributed by atoms with E-state index in [2.05, 4.69) is 15.4 Å². The van der Waals surface area contributed by atoms with E-state index in [0.29, 0.717) is 13.0 Å². The van der Waals surface area contributed by atoms with Gasteiger partial charge in [0, 0.05) is 40.5 Å². The highest BCUT2D eigenvalue weighted by molar-refractivity contribution is 5.83. The van der Waals surface area contributed by atoms with Gasteiger partial charge in [-0.25, -0.2) is 4.79 Å². The number of rotatable bonds is 7. The molecule has 0 aromatic carbocycles. The zero-order valence-corrected chi connectivity index (χ0v) is 11.3. The molecular weight excluding hydrogens is 238 g/mol. The Bertz CT molecular complexity index is 305. The van der Waals surface area contributed by atoms with E-state index in [1.807, 2.05) is 0 Å². The fourth-order valence-corrected chi connectivity index (χ4v) is 1.25. The van der Waals surface area contributed by atoms with E-state index in [9.17, 15) is 14.4 Å². The molecule has 0 aromatic heterocycles. The number of hydrogen-bond donors (Lipinski definition) is 2. The van der Waals surface area contributed by atoms with Gasteiger partial charge < -0.3 is 20.3 Å². The molecule has 0 aliphatic heterocycles. The lowest BCUT2D eigenvalue weighted by Gasteiger charge is -2.16. The third-order valence-electron chi connectivity index (χ3n) is 2.23. The average Bonchev–Trinajstić information content (AvgIpc) is 2.30. The van der Waals surface area contributed by atoms with Crippen molar-refractivity contribution in [3.8, 4) is 0 Å². The minimum absolute atomic E-state index is 0.00311. The smallest absolute Gasteiger partial charge is 0.329 e. The molecule has 0 bridgehead atoms. The first kappa shape index (κ1) is 16.4. The molecule has 0 saturated carbocycles. The maximum atomic E-state index is 11.3. The first-order valence-electron chi connectivity index (χ1n) is 5.64. The summed E-state index contributed by atoms with van der Waals surface area (Å²) in [6.45, 7) is 1.99. The number of nitrogens with zero attached hydrogens (tertiary/aromatic N) is 1. The Morgan fingerprint density at radius 3 is 2.33 bits per heavy atom. The van der Waals surface area contributed by atoms with E-state index in [0.717, 1.165) is 0 Å². The predicted octanol–water partition coefficient (Wildman–Crippen LogP) is -1.27. The minimum atomic E-state index is -0.734.